The Bertz CT molecular complexity index is 608. The van der Waals surface area contributed by atoms with Crippen molar-refractivity contribution in [1.29, 1.82) is 0 Å². The highest BCUT2D eigenvalue weighted by atomic mass is 79.9. The second-order valence-corrected chi connectivity index (χ2v) is 7.06. The summed E-state index contributed by atoms with van der Waals surface area (Å²) in [7, 11) is -3.33. The summed E-state index contributed by atoms with van der Waals surface area (Å²) >= 11 is 7.87. The average molecular weight is 384 g/mol. The Balaban J connectivity index is 2.76. The molecule has 0 aliphatic carbocycles. The van der Waals surface area contributed by atoms with Gasteiger partial charge in [-0.2, -0.15) is 0 Å². The first-order chi connectivity index (χ1) is 9.28. The summed E-state index contributed by atoms with van der Waals surface area (Å²) in [5.74, 6) is -0.703. The maximum absolute atomic E-state index is 14.0. The van der Waals surface area contributed by atoms with Crippen molar-refractivity contribution in [2.45, 2.75) is 6.92 Å². The van der Waals surface area contributed by atoms with Crippen LogP contribution in [0.2, 0.25) is 0 Å². The van der Waals surface area contributed by atoms with Crippen LogP contribution in [0.4, 0.5) is 10.1 Å². The van der Waals surface area contributed by atoms with Crippen molar-refractivity contribution in [3.05, 3.63) is 28.0 Å². The summed E-state index contributed by atoms with van der Waals surface area (Å²) in [6, 6.07) is 3.03. The van der Waals surface area contributed by atoms with Gasteiger partial charge in [0.25, 0.3) is 0 Å². The number of sulfonamides is 1. The Morgan fingerprint density at radius 3 is 2.70 bits per heavy atom. The standard InChI is InChI=1S/C11H15BrFN3O2S2/c1-2-16-20(17,18)6-5-15-8-4-3-7(11(14)19)9(12)10(8)13/h3-4,15-16H,2,5-6H2,1H3,(H2,14,19). The van der Waals surface area contributed by atoms with Gasteiger partial charge in [-0.05, 0) is 28.1 Å². The van der Waals surface area contributed by atoms with E-state index in [9.17, 15) is 12.8 Å². The Hall–Kier alpha value is -0.770. The molecule has 4 N–H and O–H groups in total. The van der Waals surface area contributed by atoms with Gasteiger partial charge in [-0.3, -0.25) is 0 Å². The lowest BCUT2D eigenvalue weighted by molar-refractivity contribution is 0.584. The van der Waals surface area contributed by atoms with Gasteiger partial charge in [0.1, 0.15) is 4.99 Å². The van der Waals surface area contributed by atoms with Crippen molar-refractivity contribution in [2.75, 3.05) is 24.2 Å². The minimum atomic E-state index is -3.33. The maximum Gasteiger partial charge on any atom is 0.213 e. The van der Waals surface area contributed by atoms with E-state index < -0.39 is 15.8 Å². The number of anilines is 1. The van der Waals surface area contributed by atoms with Gasteiger partial charge in [-0.15, -0.1) is 0 Å². The number of hydrogen-bond acceptors (Lipinski definition) is 4. The van der Waals surface area contributed by atoms with Gasteiger partial charge in [0, 0.05) is 18.7 Å². The molecule has 1 aromatic carbocycles. The molecule has 0 atom stereocenters. The number of thiocarbonyl (C=S) groups is 1. The van der Waals surface area contributed by atoms with Gasteiger partial charge in [-0.1, -0.05) is 19.1 Å². The molecular weight excluding hydrogens is 369 g/mol. The quantitative estimate of drug-likeness (QED) is 0.622. The minimum absolute atomic E-state index is 0.0806. The third-order valence-electron chi connectivity index (χ3n) is 2.40. The van der Waals surface area contributed by atoms with Crippen molar-refractivity contribution >= 4 is 48.8 Å². The van der Waals surface area contributed by atoms with Crippen LogP contribution in [0.15, 0.2) is 16.6 Å². The molecule has 9 heteroatoms. The van der Waals surface area contributed by atoms with E-state index >= 15 is 0 Å². The summed E-state index contributed by atoms with van der Waals surface area (Å²) in [5, 5.41) is 2.73. The number of nitrogens with two attached hydrogens (primary N) is 1. The molecule has 20 heavy (non-hydrogen) atoms. The van der Waals surface area contributed by atoms with E-state index in [4.69, 9.17) is 18.0 Å². The van der Waals surface area contributed by atoms with Crippen molar-refractivity contribution in [3.8, 4) is 0 Å². The van der Waals surface area contributed by atoms with Crippen LogP contribution in [-0.4, -0.2) is 32.2 Å². The first kappa shape index (κ1) is 17.3. The molecule has 0 saturated carbocycles. The van der Waals surface area contributed by atoms with Gasteiger partial charge in [-0.25, -0.2) is 17.5 Å². The highest BCUT2D eigenvalue weighted by molar-refractivity contribution is 9.10. The molecule has 5 nitrogen and oxygen atoms in total. The Kier molecular flexibility index (Phi) is 6.31. The van der Waals surface area contributed by atoms with E-state index in [-0.39, 0.29) is 27.4 Å². The van der Waals surface area contributed by atoms with Crippen LogP contribution >= 0.6 is 28.1 Å². The van der Waals surface area contributed by atoms with Crippen LogP contribution in [0.1, 0.15) is 12.5 Å². The zero-order valence-corrected chi connectivity index (χ0v) is 14.0. The van der Waals surface area contributed by atoms with E-state index in [1.54, 1.807) is 13.0 Å². The molecule has 0 heterocycles. The van der Waals surface area contributed by atoms with E-state index in [1.807, 2.05) is 0 Å². The maximum atomic E-state index is 14.0. The monoisotopic (exact) mass is 383 g/mol. The molecule has 0 aliphatic rings. The molecule has 0 saturated heterocycles. The molecule has 0 unspecified atom stereocenters. The van der Waals surface area contributed by atoms with E-state index in [0.29, 0.717) is 12.1 Å². The molecule has 0 bridgehead atoms. The Labute approximate surface area is 131 Å². The van der Waals surface area contributed by atoms with Gasteiger partial charge in [0.05, 0.1) is 15.9 Å². The molecule has 0 amide bonds. The highest BCUT2D eigenvalue weighted by Gasteiger charge is 2.14. The number of hydrogen-bond donors (Lipinski definition) is 3. The fourth-order valence-electron chi connectivity index (χ4n) is 1.49. The first-order valence-electron chi connectivity index (χ1n) is 5.77. The number of rotatable bonds is 7. The zero-order chi connectivity index (χ0) is 15.3. The zero-order valence-electron chi connectivity index (χ0n) is 10.7. The molecule has 0 aliphatic heterocycles. The number of benzene rings is 1. The first-order valence-corrected chi connectivity index (χ1v) is 8.63. The minimum Gasteiger partial charge on any atom is -0.389 e. The predicted octanol–water partition coefficient (Wildman–Crippen LogP) is 1.57. The summed E-state index contributed by atoms with van der Waals surface area (Å²) < 4.78 is 39.4. The second-order valence-electron chi connectivity index (χ2n) is 3.90. The van der Waals surface area contributed by atoms with Gasteiger partial charge in [0.15, 0.2) is 5.82 Å². The molecular formula is C11H15BrFN3O2S2. The Morgan fingerprint density at radius 1 is 1.50 bits per heavy atom. The van der Waals surface area contributed by atoms with Crippen molar-refractivity contribution in [1.82, 2.24) is 4.72 Å². The third kappa shape index (κ3) is 4.65. The largest absolute Gasteiger partial charge is 0.389 e. The lowest BCUT2D eigenvalue weighted by atomic mass is 10.2. The van der Waals surface area contributed by atoms with Crippen molar-refractivity contribution in [2.24, 2.45) is 5.73 Å². The molecule has 112 valence electrons. The molecule has 1 rings (SSSR count). The third-order valence-corrected chi connectivity index (χ3v) is 4.86. The summed E-state index contributed by atoms with van der Waals surface area (Å²) in [4.78, 5) is 0.0806. The summed E-state index contributed by atoms with van der Waals surface area (Å²) in [6.45, 7) is 2.10. The van der Waals surface area contributed by atoms with Crippen LogP contribution in [-0.2, 0) is 10.0 Å². The van der Waals surface area contributed by atoms with Crippen LogP contribution in [0.25, 0.3) is 0 Å². The van der Waals surface area contributed by atoms with E-state index in [0.717, 1.165) is 0 Å². The molecule has 0 aromatic heterocycles. The summed E-state index contributed by atoms with van der Waals surface area (Å²) in [6.07, 6.45) is 0. The van der Waals surface area contributed by atoms with E-state index in [2.05, 4.69) is 26.0 Å². The summed E-state index contributed by atoms with van der Waals surface area (Å²) in [5.41, 5.74) is 6.03. The van der Waals surface area contributed by atoms with Crippen molar-refractivity contribution < 1.29 is 12.8 Å². The molecule has 0 radical (unpaired) electrons. The SMILES string of the molecule is CCNS(=O)(=O)CCNc1ccc(C(N)=S)c(Br)c1F. The fourth-order valence-corrected chi connectivity index (χ4v) is 3.30. The van der Waals surface area contributed by atoms with Crippen LogP contribution in [0, 0.1) is 5.82 Å². The van der Waals surface area contributed by atoms with Gasteiger partial charge in [0.2, 0.25) is 10.0 Å². The molecule has 0 fully saturated rings. The van der Waals surface area contributed by atoms with Crippen LogP contribution < -0.4 is 15.8 Å². The van der Waals surface area contributed by atoms with Gasteiger partial charge >= 0.3 is 0 Å². The number of halogens is 2. The Morgan fingerprint density at radius 2 is 2.15 bits per heavy atom. The lowest BCUT2D eigenvalue weighted by Crippen LogP contribution is -2.29. The topological polar surface area (TPSA) is 84.2 Å². The average Bonchev–Trinajstić information content (AvgIpc) is 2.34. The van der Waals surface area contributed by atoms with Gasteiger partial charge < -0.3 is 11.1 Å². The highest BCUT2D eigenvalue weighted by Crippen LogP contribution is 2.26. The van der Waals surface area contributed by atoms with Crippen molar-refractivity contribution in [3.63, 3.8) is 0 Å². The fraction of sp³-hybridized carbons (Fsp3) is 0.364. The smallest absolute Gasteiger partial charge is 0.213 e. The molecule has 0 spiro atoms. The molecule has 1 aromatic rings. The van der Waals surface area contributed by atoms with Crippen LogP contribution in [0.5, 0.6) is 0 Å². The lowest BCUT2D eigenvalue weighted by Gasteiger charge is -2.11. The predicted molar refractivity (Wildman–Crippen MR) is 85.9 cm³/mol. The normalized spacial score (nSPS) is 11.3. The second kappa shape index (κ2) is 7.30. The number of nitrogens with one attached hydrogen (secondary N) is 2. The van der Waals surface area contributed by atoms with Crippen LogP contribution in [0.3, 0.4) is 0 Å². The van der Waals surface area contributed by atoms with E-state index in [1.165, 1.54) is 6.07 Å².